The molecule has 1 saturated carbocycles. The van der Waals surface area contributed by atoms with Crippen LogP contribution in [0.5, 0.6) is 5.75 Å². The lowest BCUT2D eigenvalue weighted by atomic mass is 9.90. The summed E-state index contributed by atoms with van der Waals surface area (Å²) in [7, 11) is -3.95. The molecule has 1 atom stereocenters. The number of carboxylic acid groups (broad SMARTS) is 1. The number of halogens is 4. The van der Waals surface area contributed by atoms with Crippen LogP contribution in [0.25, 0.3) is 10.6 Å². The molecule has 284 valence electrons. The highest BCUT2D eigenvalue weighted by molar-refractivity contribution is 7.89. The number of aromatic nitrogens is 2. The lowest BCUT2D eigenvalue weighted by Crippen LogP contribution is -2.61. The number of hydrogen-bond acceptors (Lipinski definition) is 10. The van der Waals surface area contributed by atoms with Gasteiger partial charge in [0.1, 0.15) is 21.8 Å². The maximum atomic E-state index is 14.0. The molecule has 18 heteroatoms. The first kappa shape index (κ1) is 39.8. The average molecular weight is 787 g/mol. The third kappa shape index (κ3) is 10.6. The molecule has 6 rings (SSSR count). The summed E-state index contributed by atoms with van der Waals surface area (Å²) >= 11 is 7.52. The number of ether oxygens (including phenoxy) is 1. The van der Waals surface area contributed by atoms with E-state index >= 15 is 0 Å². The Morgan fingerprint density at radius 1 is 0.942 bits per heavy atom. The molecule has 2 aliphatic heterocycles. The molecule has 2 saturated heterocycles. The summed E-state index contributed by atoms with van der Waals surface area (Å²) in [4.78, 5) is 26.9. The molecular weight excluding hydrogens is 745 g/mol. The van der Waals surface area contributed by atoms with E-state index in [0.717, 1.165) is 15.6 Å². The molecule has 3 fully saturated rings. The Labute approximate surface area is 309 Å². The Hall–Kier alpha value is -3.35. The van der Waals surface area contributed by atoms with Gasteiger partial charge < -0.3 is 20.5 Å². The highest BCUT2D eigenvalue weighted by atomic mass is 35.5. The summed E-state index contributed by atoms with van der Waals surface area (Å²) in [6.45, 7) is 3.09. The van der Waals surface area contributed by atoms with E-state index in [0.29, 0.717) is 62.3 Å². The summed E-state index contributed by atoms with van der Waals surface area (Å²) < 4.78 is 67.2. The third-order valence-corrected chi connectivity index (χ3v) is 12.5. The SMILES string of the molecule is NC1CCN(C(=O)[C@@H]2CN(Cc3nnc(-c4ccc(Cl)cc4)s3)CCN2S(=O)(=O)c2ccc(OCC3CCCCC3)cc2)CC1.O=C(O)C(F)(F)F. The molecule has 3 aromatic rings. The van der Waals surface area contributed by atoms with Crippen molar-refractivity contribution in [3.63, 3.8) is 0 Å². The number of piperazine rings is 1. The van der Waals surface area contributed by atoms with Gasteiger partial charge in [-0.05, 0) is 68.0 Å². The van der Waals surface area contributed by atoms with Crippen molar-refractivity contribution < 1.29 is 41.0 Å². The van der Waals surface area contributed by atoms with Crippen LogP contribution in [0.15, 0.2) is 53.4 Å². The first-order chi connectivity index (χ1) is 24.7. The summed E-state index contributed by atoms with van der Waals surface area (Å²) in [5.74, 6) is -1.72. The minimum absolute atomic E-state index is 0.0582. The van der Waals surface area contributed by atoms with Crippen LogP contribution in [-0.4, -0.2) is 107 Å². The minimum atomic E-state index is -5.08. The van der Waals surface area contributed by atoms with Crippen molar-refractivity contribution in [2.45, 2.75) is 74.6 Å². The number of carboxylic acids is 1. The molecule has 1 aliphatic carbocycles. The number of piperidine rings is 1. The van der Waals surface area contributed by atoms with Crippen molar-refractivity contribution in [1.29, 1.82) is 0 Å². The van der Waals surface area contributed by atoms with Gasteiger partial charge in [-0.3, -0.25) is 9.69 Å². The van der Waals surface area contributed by atoms with Crippen molar-refractivity contribution in [1.82, 2.24) is 24.3 Å². The zero-order valence-electron chi connectivity index (χ0n) is 28.4. The number of nitrogens with zero attached hydrogens (tertiary/aromatic N) is 5. The fourth-order valence-electron chi connectivity index (χ4n) is 6.41. The average Bonchev–Trinajstić information content (AvgIpc) is 3.60. The zero-order chi connectivity index (χ0) is 37.5. The van der Waals surface area contributed by atoms with E-state index < -0.39 is 28.2 Å². The number of benzene rings is 2. The van der Waals surface area contributed by atoms with Gasteiger partial charge >= 0.3 is 12.1 Å². The molecule has 3 N–H and O–H groups in total. The number of amides is 1. The number of nitrogens with two attached hydrogens (primary N) is 1. The molecule has 2 aromatic carbocycles. The number of alkyl halides is 3. The van der Waals surface area contributed by atoms with Gasteiger partial charge in [-0.15, -0.1) is 10.2 Å². The lowest BCUT2D eigenvalue weighted by Gasteiger charge is -2.42. The molecule has 1 aromatic heterocycles. The molecule has 0 radical (unpaired) electrons. The Morgan fingerprint density at radius 2 is 1.58 bits per heavy atom. The molecule has 3 heterocycles. The van der Waals surface area contributed by atoms with E-state index in [1.165, 1.54) is 47.7 Å². The highest BCUT2D eigenvalue weighted by Gasteiger charge is 2.42. The second-order valence-electron chi connectivity index (χ2n) is 13.1. The van der Waals surface area contributed by atoms with Crippen molar-refractivity contribution >= 4 is 44.8 Å². The van der Waals surface area contributed by atoms with Crippen LogP contribution in [0, 0.1) is 5.92 Å². The molecule has 0 bridgehead atoms. The maximum absolute atomic E-state index is 14.0. The zero-order valence-corrected chi connectivity index (χ0v) is 30.8. The first-order valence-electron chi connectivity index (χ1n) is 17.1. The topological polar surface area (TPSA) is 159 Å². The summed E-state index contributed by atoms with van der Waals surface area (Å²) in [6, 6.07) is 13.3. The van der Waals surface area contributed by atoms with E-state index in [2.05, 4.69) is 15.1 Å². The second-order valence-corrected chi connectivity index (χ2v) is 16.5. The normalized spacial score (nSPS) is 19.9. The Kier molecular flexibility index (Phi) is 13.5. The van der Waals surface area contributed by atoms with Gasteiger partial charge in [-0.2, -0.15) is 17.5 Å². The van der Waals surface area contributed by atoms with Gasteiger partial charge in [0.05, 0.1) is 18.0 Å². The predicted octanol–water partition coefficient (Wildman–Crippen LogP) is 5.28. The molecule has 0 spiro atoms. The molecule has 1 amide bonds. The van der Waals surface area contributed by atoms with Crippen molar-refractivity contribution in [3.8, 4) is 16.3 Å². The van der Waals surface area contributed by atoms with Crippen molar-refractivity contribution in [2.24, 2.45) is 11.7 Å². The standard InChI is InChI=1S/C32H41ClN6O4S2.C2HF3O2/c33-25-8-6-24(7-9-25)31-36-35-30(44-31)21-37-18-19-39(29(20-37)32(40)38-16-14-26(34)15-17-38)45(41,42)28-12-10-27(11-13-28)43-22-23-4-2-1-3-5-23;3-2(4,5)1(6)7/h6-13,23,26,29H,1-5,14-22,34H2;(H,6,7)/t29-;/m0./s1. The number of carbonyl (C=O) groups excluding carboxylic acids is 1. The van der Waals surface area contributed by atoms with E-state index in [1.54, 1.807) is 29.2 Å². The van der Waals surface area contributed by atoms with Crippen LogP contribution in [0.4, 0.5) is 13.2 Å². The van der Waals surface area contributed by atoms with E-state index in [4.69, 9.17) is 32.0 Å². The van der Waals surface area contributed by atoms with Gasteiger partial charge in [0.25, 0.3) is 0 Å². The van der Waals surface area contributed by atoms with Crippen LogP contribution in [0.3, 0.4) is 0 Å². The molecule has 3 aliphatic rings. The monoisotopic (exact) mass is 786 g/mol. The number of carbonyl (C=O) groups is 2. The van der Waals surface area contributed by atoms with Crippen molar-refractivity contribution in [3.05, 3.63) is 58.6 Å². The van der Waals surface area contributed by atoms with E-state index in [1.807, 2.05) is 24.3 Å². The van der Waals surface area contributed by atoms with Gasteiger partial charge in [0.15, 0.2) is 0 Å². The smallest absolute Gasteiger partial charge is 0.490 e. The number of hydrogen-bond donors (Lipinski definition) is 2. The predicted molar refractivity (Wildman–Crippen MR) is 189 cm³/mol. The second kappa shape index (κ2) is 17.6. The quantitative estimate of drug-likeness (QED) is 0.293. The Morgan fingerprint density at radius 3 is 2.19 bits per heavy atom. The maximum Gasteiger partial charge on any atom is 0.490 e. The van der Waals surface area contributed by atoms with Crippen LogP contribution >= 0.6 is 22.9 Å². The Balaban J connectivity index is 0.000000679. The largest absolute Gasteiger partial charge is 0.493 e. The highest BCUT2D eigenvalue weighted by Crippen LogP contribution is 2.30. The van der Waals surface area contributed by atoms with Crippen LogP contribution < -0.4 is 10.5 Å². The lowest BCUT2D eigenvalue weighted by molar-refractivity contribution is -0.192. The minimum Gasteiger partial charge on any atom is -0.493 e. The van der Waals surface area contributed by atoms with Gasteiger partial charge in [-0.1, -0.05) is 54.3 Å². The molecule has 0 unspecified atom stereocenters. The number of likely N-dealkylation sites (tertiary alicyclic amines) is 1. The summed E-state index contributed by atoms with van der Waals surface area (Å²) in [6.07, 6.45) is 2.46. The van der Waals surface area contributed by atoms with Crippen molar-refractivity contribution in [2.75, 3.05) is 39.3 Å². The van der Waals surface area contributed by atoms with E-state index in [-0.39, 0.29) is 29.9 Å². The van der Waals surface area contributed by atoms with Crippen LogP contribution in [0.1, 0.15) is 50.0 Å². The van der Waals surface area contributed by atoms with Gasteiger partial charge in [0, 0.05) is 49.4 Å². The Bertz CT molecular complexity index is 1750. The summed E-state index contributed by atoms with van der Waals surface area (Å²) in [5.41, 5.74) is 7.03. The van der Waals surface area contributed by atoms with Gasteiger partial charge in [-0.25, -0.2) is 13.2 Å². The van der Waals surface area contributed by atoms with E-state index in [9.17, 15) is 26.4 Å². The number of sulfonamides is 1. The van der Waals surface area contributed by atoms with Crippen LogP contribution in [-0.2, 0) is 26.2 Å². The molecule has 52 heavy (non-hydrogen) atoms. The number of rotatable bonds is 9. The summed E-state index contributed by atoms with van der Waals surface area (Å²) in [5, 5.41) is 18.1. The fourth-order valence-corrected chi connectivity index (χ4v) is 8.99. The molecular formula is C34H42ClF3N6O6S2. The van der Waals surface area contributed by atoms with Crippen LogP contribution in [0.2, 0.25) is 5.02 Å². The number of aliphatic carboxylic acids is 1. The third-order valence-electron chi connectivity index (χ3n) is 9.35. The molecule has 12 nitrogen and oxygen atoms in total. The fraction of sp³-hybridized carbons (Fsp3) is 0.529. The van der Waals surface area contributed by atoms with Gasteiger partial charge in [0.2, 0.25) is 15.9 Å². The first-order valence-corrected chi connectivity index (χ1v) is 19.7.